The van der Waals surface area contributed by atoms with Crippen LogP contribution in [-0.2, 0) is 6.54 Å². The molecule has 0 unspecified atom stereocenters. The van der Waals surface area contributed by atoms with Gasteiger partial charge in [0.1, 0.15) is 0 Å². The summed E-state index contributed by atoms with van der Waals surface area (Å²) in [5.41, 5.74) is 1.41. The highest BCUT2D eigenvalue weighted by Gasteiger charge is 2.04. The Bertz CT molecular complexity index is 513. The van der Waals surface area contributed by atoms with Crippen LogP contribution in [0.1, 0.15) is 51.5 Å². The fourth-order valence-electron chi connectivity index (χ4n) is 2.71. The molecule has 0 bridgehead atoms. The summed E-state index contributed by atoms with van der Waals surface area (Å²) in [5, 5.41) is 6.38. The monoisotopic (exact) mass is 269 g/mol. The Balaban J connectivity index is 1.86. The van der Waals surface area contributed by atoms with Crippen LogP contribution in [-0.4, -0.2) is 6.04 Å². The van der Waals surface area contributed by atoms with Crippen molar-refractivity contribution in [2.75, 3.05) is 0 Å². The van der Waals surface area contributed by atoms with Gasteiger partial charge in [-0.2, -0.15) is 0 Å². The van der Waals surface area contributed by atoms with Gasteiger partial charge >= 0.3 is 0 Å². The third-order valence-electron chi connectivity index (χ3n) is 4.01. The van der Waals surface area contributed by atoms with Crippen LogP contribution < -0.4 is 5.32 Å². The van der Waals surface area contributed by atoms with Crippen molar-refractivity contribution in [1.82, 2.24) is 5.32 Å². The largest absolute Gasteiger partial charge is 0.310 e. The zero-order chi connectivity index (χ0) is 14.2. The molecule has 0 saturated carbocycles. The number of hydrogen-bond donors (Lipinski definition) is 1. The van der Waals surface area contributed by atoms with Gasteiger partial charge in [-0.3, -0.25) is 0 Å². The molecule has 0 aromatic heterocycles. The molecular formula is C19H27N. The van der Waals surface area contributed by atoms with Crippen molar-refractivity contribution in [3.8, 4) is 0 Å². The molecule has 0 heterocycles. The topological polar surface area (TPSA) is 12.0 Å². The number of fused-ring (bicyclic) bond motifs is 1. The molecule has 0 aliphatic carbocycles. The minimum atomic E-state index is 0.603. The molecular weight excluding hydrogens is 242 g/mol. The van der Waals surface area contributed by atoms with E-state index in [0.29, 0.717) is 6.04 Å². The zero-order valence-electron chi connectivity index (χ0n) is 12.9. The van der Waals surface area contributed by atoms with E-state index in [2.05, 4.69) is 61.6 Å². The molecule has 0 amide bonds. The predicted molar refractivity (Wildman–Crippen MR) is 89.0 cm³/mol. The zero-order valence-corrected chi connectivity index (χ0v) is 12.9. The SMILES string of the molecule is CCCCCC[C@H](C)NCc1cccc2ccccc12. The van der Waals surface area contributed by atoms with Crippen molar-refractivity contribution < 1.29 is 0 Å². The second kappa shape index (κ2) is 8.06. The Hall–Kier alpha value is -1.34. The van der Waals surface area contributed by atoms with Crippen LogP contribution in [0.15, 0.2) is 42.5 Å². The van der Waals surface area contributed by atoms with Crippen molar-refractivity contribution in [2.45, 2.75) is 58.5 Å². The second-order valence-electron chi connectivity index (χ2n) is 5.77. The van der Waals surface area contributed by atoms with Crippen LogP contribution >= 0.6 is 0 Å². The van der Waals surface area contributed by atoms with Gasteiger partial charge in [0.25, 0.3) is 0 Å². The quantitative estimate of drug-likeness (QED) is 0.642. The normalized spacial score (nSPS) is 12.7. The molecule has 1 nitrogen and oxygen atoms in total. The lowest BCUT2D eigenvalue weighted by Gasteiger charge is -2.15. The molecule has 20 heavy (non-hydrogen) atoms. The maximum absolute atomic E-state index is 3.67. The van der Waals surface area contributed by atoms with Crippen LogP contribution in [0.3, 0.4) is 0 Å². The van der Waals surface area contributed by atoms with Crippen molar-refractivity contribution in [2.24, 2.45) is 0 Å². The molecule has 1 atom stereocenters. The summed E-state index contributed by atoms with van der Waals surface area (Å²) >= 11 is 0. The van der Waals surface area contributed by atoms with Crippen LogP contribution in [0, 0.1) is 0 Å². The smallest absolute Gasteiger partial charge is 0.0214 e. The lowest BCUT2D eigenvalue weighted by atomic mass is 10.0. The van der Waals surface area contributed by atoms with Crippen LogP contribution in [0.5, 0.6) is 0 Å². The maximum atomic E-state index is 3.67. The number of rotatable bonds is 8. The molecule has 2 rings (SSSR count). The summed E-state index contributed by atoms with van der Waals surface area (Å²) in [6, 6.07) is 15.8. The lowest BCUT2D eigenvalue weighted by molar-refractivity contribution is 0.483. The van der Waals surface area contributed by atoms with E-state index in [1.54, 1.807) is 0 Å². The van der Waals surface area contributed by atoms with E-state index in [4.69, 9.17) is 0 Å². The average Bonchev–Trinajstić information content (AvgIpc) is 2.49. The van der Waals surface area contributed by atoms with E-state index in [1.165, 1.54) is 48.4 Å². The molecule has 1 N–H and O–H groups in total. The van der Waals surface area contributed by atoms with Crippen LogP contribution in [0.4, 0.5) is 0 Å². The summed E-state index contributed by atoms with van der Waals surface area (Å²) in [7, 11) is 0. The van der Waals surface area contributed by atoms with Crippen LogP contribution in [0.2, 0.25) is 0 Å². The Morgan fingerprint density at radius 3 is 2.60 bits per heavy atom. The van der Waals surface area contributed by atoms with Crippen molar-refractivity contribution in [1.29, 1.82) is 0 Å². The van der Waals surface area contributed by atoms with Gasteiger partial charge in [-0.25, -0.2) is 0 Å². The van der Waals surface area contributed by atoms with Gasteiger partial charge in [0.05, 0.1) is 0 Å². The van der Waals surface area contributed by atoms with Gasteiger partial charge in [-0.05, 0) is 29.7 Å². The maximum Gasteiger partial charge on any atom is 0.0214 e. The van der Waals surface area contributed by atoms with E-state index in [1.807, 2.05) is 0 Å². The highest BCUT2D eigenvalue weighted by atomic mass is 14.9. The van der Waals surface area contributed by atoms with Crippen molar-refractivity contribution >= 4 is 10.8 Å². The van der Waals surface area contributed by atoms with E-state index in [0.717, 1.165) is 6.54 Å². The Kier molecular flexibility index (Phi) is 6.07. The third-order valence-corrected chi connectivity index (χ3v) is 4.01. The average molecular weight is 269 g/mol. The molecule has 108 valence electrons. The first-order valence-electron chi connectivity index (χ1n) is 8.01. The van der Waals surface area contributed by atoms with Gasteiger partial charge in [-0.1, -0.05) is 75.1 Å². The van der Waals surface area contributed by atoms with Gasteiger partial charge < -0.3 is 5.32 Å². The number of benzene rings is 2. The van der Waals surface area contributed by atoms with Gasteiger partial charge in [0, 0.05) is 12.6 Å². The van der Waals surface area contributed by atoms with E-state index in [-0.39, 0.29) is 0 Å². The summed E-state index contributed by atoms with van der Waals surface area (Å²) < 4.78 is 0. The summed E-state index contributed by atoms with van der Waals surface area (Å²) in [5.74, 6) is 0. The Labute approximate surface area is 123 Å². The fourth-order valence-corrected chi connectivity index (χ4v) is 2.71. The molecule has 0 radical (unpaired) electrons. The summed E-state index contributed by atoms with van der Waals surface area (Å²) in [4.78, 5) is 0. The summed E-state index contributed by atoms with van der Waals surface area (Å²) in [6.07, 6.45) is 6.69. The molecule has 0 spiro atoms. The minimum Gasteiger partial charge on any atom is -0.310 e. The van der Waals surface area contributed by atoms with E-state index in [9.17, 15) is 0 Å². The lowest BCUT2D eigenvalue weighted by Crippen LogP contribution is -2.25. The van der Waals surface area contributed by atoms with E-state index < -0.39 is 0 Å². The first-order valence-corrected chi connectivity index (χ1v) is 8.01. The number of nitrogens with one attached hydrogen (secondary N) is 1. The van der Waals surface area contributed by atoms with Gasteiger partial charge in [0.2, 0.25) is 0 Å². The summed E-state index contributed by atoms with van der Waals surface area (Å²) in [6.45, 7) is 5.54. The highest BCUT2D eigenvalue weighted by molar-refractivity contribution is 5.85. The van der Waals surface area contributed by atoms with E-state index >= 15 is 0 Å². The molecule has 0 fully saturated rings. The van der Waals surface area contributed by atoms with Crippen molar-refractivity contribution in [3.05, 3.63) is 48.0 Å². The first-order chi connectivity index (χ1) is 9.81. The van der Waals surface area contributed by atoms with Crippen molar-refractivity contribution in [3.63, 3.8) is 0 Å². The molecule has 2 aromatic carbocycles. The van der Waals surface area contributed by atoms with Gasteiger partial charge in [0.15, 0.2) is 0 Å². The Morgan fingerprint density at radius 1 is 0.950 bits per heavy atom. The molecule has 1 heteroatoms. The first kappa shape index (κ1) is 15.1. The third kappa shape index (κ3) is 4.35. The van der Waals surface area contributed by atoms with Gasteiger partial charge in [-0.15, -0.1) is 0 Å². The molecule has 0 aliphatic rings. The number of hydrogen-bond acceptors (Lipinski definition) is 1. The molecule has 0 aliphatic heterocycles. The highest BCUT2D eigenvalue weighted by Crippen LogP contribution is 2.18. The Morgan fingerprint density at radius 2 is 1.75 bits per heavy atom. The predicted octanol–water partition coefficient (Wildman–Crippen LogP) is 5.29. The fraction of sp³-hybridized carbons (Fsp3) is 0.474. The minimum absolute atomic E-state index is 0.603. The molecule has 0 saturated heterocycles. The standard InChI is InChI=1S/C19H27N/c1-3-4-5-6-10-16(2)20-15-18-13-9-12-17-11-7-8-14-19(17)18/h7-9,11-14,16,20H,3-6,10,15H2,1-2H3/t16-/m0/s1. The molecule has 2 aromatic rings. The second-order valence-corrected chi connectivity index (χ2v) is 5.77. The van der Waals surface area contributed by atoms with Crippen LogP contribution in [0.25, 0.3) is 10.8 Å². The number of unbranched alkanes of at least 4 members (excludes halogenated alkanes) is 3.